The fourth-order valence-electron chi connectivity index (χ4n) is 5.00. The molecule has 48 heavy (non-hydrogen) atoms. The molecule has 0 aromatic heterocycles. The maximum atomic E-state index is 13.3. The first-order chi connectivity index (χ1) is 22.4. The highest BCUT2D eigenvalue weighted by molar-refractivity contribution is 5.83. The summed E-state index contributed by atoms with van der Waals surface area (Å²) in [7, 11) is 3.20. The average Bonchev–Trinajstić information content (AvgIpc) is 2.99. The van der Waals surface area contributed by atoms with Crippen LogP contribution in [-0.2, 0) is 30.3 Å². The highest BCUT2D eigenvalue weighted by Crippen LogP contribution is 2.32. The van der Waals surface area contributed by atoms with Gasteiger partial charge in [-0.15, -0.1) is 0 Å². The minimum Gasteiger partial charge on any atom is -0.493 e. The van der Waals surface area contributed by atoms with Gasteiger partial charge in [0.15, 0.2) is 11.5 Å². The van der Waals surface area contributed by atoms with Crippen molar-refractivity contribution in [2.45, 2.75) is 92.6 Å². The summed E-state index contributed by atoms with van der Waals surface area (Å²) < 4.78 is 21.6. The molecule has 1 aromatic rings. The quantitative estimate of drug-likeness (QED) is 0.0556. The molecule has 0 aliphatic carbocycles. The van der Waals surface area contributed by atoms with Crippen molar-refractivity contribution in [2.24, 2.45) is 34.8 Å². The van der Waals surface area contributed by atoms with Gasteiger partial charge >= 0.3 is 6.09 Å². The third-order valence-corrected chi connectivity index (χ3v) is 8.27. The van der Waals surface area contributed by atoms with E-state index in [1.165, 1.54) is 6.92 Å². The molecule has 0 fully saturated rings. The molecule has 3 amide bonds. The van der Waals surface area contributed by atoms with Crippen LogP contribution >= 0.6 is 0 Å². The number of ether oxygens (including phenoxy) is 4. The van der Waals surface area contributed by atoms with E-state index in [-0.39, 0.29) is 36.6 Å². The first kappa shape index (κ1) is 42.8. The molecule has 0 heterocycles. The maximum Gasteiger partial charge on any atom is 0.409 e. The first-order valence-corrected chi connectivity index (χ1v) is 16.3. The van der Waals surface area contributed by atoms with Crippen LogP contribution in [0.5, 0.6) is 11.5 Å². The summed E-state index contributed by atoms with van der Waals surface area (Å²) in [6, 6.07) is 4.80. The number of hydrogen-bond acceptors (Lipinski definition) is 12. The largest absolute Gasteiger partial charge is 0.493 e. The predicted molar refractivity (Wildman–Crippen MR) is 176 cm³/mol. The van der Waals surface area contributed by atoms with E-state index in [1.807, 2.05) is 45.9 Å². The Morgan fingerprint density at radius 3 is 2.19 bits per heavy atom. The molecule has 0 spiro atoms. The van der Waals surface area contributed by atoms with E-state index in [0.717, 1.165) is 5.56 Å². The molecule has 1 aromatic carbocycles. The van der Waals surface area contributed by atoms with Crippen molar-refractivity contribution in [3.63, 3.8) is 0 Å². The van der Waals surface area contributed by atoms with E-state index >= 15 is 0 Å². The van der Waals surface area contributed by atoms with Gasteiger partial charge in [-0.3, -0.25) is 20.0 Å². The summed E-state index contributed by atoms with van der Waals surface area (Å²) in [4.78, 5) is 42.4. The Kier molecular flexibility index (Phi) is 18.7. The Morgan fingerprint density at radius 1 is 0.979 bits per heavy atom. The lowest BCUT2D eigenvalue weighted by Gasteiger charge is -2.33. The number of rotatable bonds is 23. The molecule has 276 valence electrons. The van der Waals surface area contributed by atoms with Crippen LogP contribution in [0.4, 0.5) is 4.79 Å². The summed E-state index contributed by atoms with van der Waals surface area (Å²) in [5.74, 6) is -0.561. The van der Waals surface area contributed by atoms with Crippen LogP contribution in [0.15, 0.2) is 18.2 Å². The third-order valence-electron chi connectivity index (χ3n) is 8.27. The zero-order chi connectivity index (χ0) is 36.6. The Morgan fingerprint density at radius 2 is 1.65 bits per heavy atom. The van der Waals surface area contributed by atoms with Gasteiger partial charge in [-0.25, -0.2) is 9.63 Å². The Labute approximate surface area is 284 Å². The number of aliphatic hydroxyl groups excluding tert-OH is 1. The SMILES string of the molecule is COCCCOc1cc(CC(CC(NC(=O)OC(C)ON(O)O)C(O)CC(C(=O)NCC(C)(C)C(N)=O)C(C)C)C(C)C)ccc1OC. The molecule has 0 bridgehead atoms. The second-order valence-corrected chi connectivity index (χ2v) is 13.3. The van der Waals surface area contributed by atoms with Crippen molar-refractivity contribution in [2.75, 3.05) is 34.0 Å². The number of alkyl carbamates (subject to hydrolysis) is 1. The summed E-state index contributed by atoms with van der Waals surface area (Å²) in [5.41, 5.74) is 5.45. The monoisotopic (exact) mass is 686 g/mol. The van der Waals surface area contributed by atoms with Crippen LogP contribution in [-0.4, -0.2) is 91.2 Å². The van der Waals surface area contributed by atoms with Crippen LogP contribution in [0.1, 0.15) is 73.3 Å². The van der Waals surface area contributed by atoms with E-state index in [9.17, 15) is 19.5 Å². The number of nitrogens with zero attached hydrogens (tertiary/aromatic N) is 1. The van der Waals surface area contributed by atoms with Crippen molar-refractivity contribution in [3.8, 4) is 11.5 Å². The molecule has 1 rings (SSSR count). The molecule has 5 atom stereocenters. The molecule has 0 saturated heterocycles. The number of nitrogens with two attached hydrogens (primary N) is 1. The van der Waals surface area contributed by atoms with Crippen LogP contribution in [0.2, 0.25) is 0 Å². The minimum atomic E-state index is -1.37. The van der Waals surface area contributed by atoms with Crippen molar-refractivity contribution in [3.05, 3.63) is 23.8 Å². The van der Waals surface area contributed by atoms with Crippen LogP contribution in [0.3, 0.4) is 0 Å². The van der Waals surface area contributed by atoms with Crippen LogP contribution < -0.4 is 25.8 Å². The van der Waals surface area contributed by atoms with Crippen LogP contribution in [0, 0.1) is 29.1 Å². The van der Waals surface area contributed by atoms with Crippen molar-refractivity contribution in [1.82, 2.24) is 16.0 Å². The molecule has 0 radical (unpaired) electrons. The number of primary amides is 1. The zero-order valence-electron chi connectivity index (χ0n) is 29.9. The molecular weight excluding hydrogens is 628 g/mol. The topological polar surface area (TPSA) is 211 Å². The molecule has 0 aliphatic heterocycles. The van der Waals surface area contributed by atoms with Gasteiger partial charge in [-0.1, -0.05) is 33.8 Å². The Balaban J connectivity index is 3.29. The van der Waals surface area contributed by atoms with Gasteiger partial charge in [0.1, 0.15) is 0 Å². The third kappa shape index (κ3) is 15.3. The number of carbonyl (C=O) groups excluding carboxylic acids is 3. The van der Waals surface area contributed by atoms with E-state index in [0.29, 0.717) is 44.0 Å². The Hall–Kier alpha value is -3.21. The van der Waals surface area contributed by atoms with Crippen molar-refractivity contribution >= 4 is 17.9 Å². The molecule has 15 nitrogen and oxygen atoms in total. The van der Waals surface area contributed by atoms with E-state index < -0.39 is 47.2 Å². The smallest absolute Gasteiger partial charge is 0.409 e. The normalized spacial score (nSPS) is 15.1. The lowest BCUT2D eigenvalue weighted by atomic mass is 9.80. The number of nitrogens with one attached hydrogen (secondary N) is 2. The number of methoxy groups -OCH3 is 2. The van der Waals surface area contributed by atoms with Gasteiger partial charge in [-0.05, 0) is 68.6 Å². The lowest BCUT2D eigenvalue weighted by molar-refractivity contribution is -0.518. The molecule has 0 saturated carbocycles. The fraction of sp³-hybridized carbons (Fsp3) is 0.727. The van der Waals surface area contributed by atoms with E-state index in [2.05, 4.69) is 15.5 Å². The molecule has 0 aliphatic rings. The molecule has 5 unspecified atom stereocenters. The van der Waals surface area contributed by atoms with Crippen molar-refractivity contribution < 1.29 is 53.7 Å². The van der Waals surface area contributed by atoms with Crippen molar-refractivity contribution in [1.29, 1.82) is 0 Å². The van der Waals surface area contributed by atoms with Gasteiger partial charge in [0.05, 0.1) is 36.7 Å². The molecule has 7 N–H and O–H groups in total. The summed E-state index contributed by atoms with van der Waals surface area (Å²) in [5, 5.41) is 34.3. The second kappa shape index (κ2) is 21.0. The number of amides is 3. The van der Waals surface area contributed by atoms with Gasteiger partial charge in [-0.2, -0.15) is 0 Å². The van der Waals surface area contributed by atoms with Gasteiger partial charge < -0.3 is 40.4 Å². The number of hydrogen-bond donors (Lipinski definition) is 6. The predicted octanol–water partition coefficient (Wildman–Crippen LogP) is 3.42. The van der Waals surface area contributed by atoms with Gasteiger partial charge in [0.25, 0.3) is 0 Å². The maximum absolute atomic E-state index is 13.3. The average molecular weight is 687 g/mol. The highest BCUT2D eigenvalue weighted by Gasteiger charge is 2.34. The van der Waals surface area contributed by atoms with Gasteiger partial charge in [0.2, 0.25) is 18.1 Å². The second-order valence-electron chi connectivity index (χ2n) is 13.3. The van der Waals surface area contributed by atoms with Crippen LogP contribution in [0.25, 0.3) is 0 Å². The zero-order valence-corrected chi connectivity index (χ0v) is 29.9. The highest BCUT2D eigenvalue weighted by atomic mass is 17.1. The fourth-order valence-corrected chi connectivity index (χ4v) is 5.00. The standard InChI is InChI=1S/C33H58N4O11/c1-20(2)24(15-23-11-12-28(45-9)29(16-23)46-14-10-13-44-8)17-26(36-32(41)47-22(5)48-37(42)43)27(38)18-25(21(3)4)30(39)35-19-33(6,7)31(34)40/h11-12,16,20-22,24-27,38,42-43H,10,13-15,17-19H2,1-9H3,(H2,34,40)(H,35,39)(H,36,41). The minimum absolute atomic E-state index is 0.00856. The number of benzene rings is 1. The number of carbonyl (C=O) groups is 3. The summed E-state index contributed by atoms with van der Waals surface area (Å²) >= 11 is 0. The lowest BCUT2D eigenvalue weighted by Crippen LogP contribution is -2.49. The van der Waals surface area contributed by atoms with E-state index in [1.54, 1.807) is 28.1 Å². The first-order valence-electron chi connectivity index (χ1n) is 16.3. The number of aliphatic hydroxyl groups is 1. The van der Waals surface area contributed by atoms with E-state index in [4.69, 9.17) is 35.1 Å². The molecule has 15 heteroatoms. The Bertz CT molecular complexity index is 1130. The summed E-state index contributed by atoms with van der Waals surface area (Å²) in [6.45, 7) is 13.3. The molecular formula is C33H58N4O11. The summed E-state index contributed by atoms with van der Waals surface area (Å²) in [6.07, 6.45) is -1.98. The van der Waals surface area contributed by atoms with Gasteiger partial charge in [0, 0.05) is 39.5 Å².